The molecule has 5 atom stereocenters. The lowest BCUT2D eigenvalue weighted by atomic mass is 9.99. The summed E-state index contributed by atoms with van der Waals surface area (Å²) in [6.45, 7) is 0. The SMILES string of the molecule is CS(C1CCCCC1=O)(C1CC2CCC1C2)C(F)(F)S(=O)(=O)OF. The van der Waals surface area contributed by atoms with Crippen LogP contribution in [0.3, 0.4) is 0 Å². The molecule has 140 valence electrons. The van der Waals surface area contributed by atoms with E-state index in [4.69, 9.17) is 0 Å². The minimum atomic E-state index is -5.70. The molecule has 24 heavy (non-hydrogen) atoms. The van der Waals surface area contributed by atoms with Crippen molar-refractivity contribution in [3.8, 4) is 0 Å². The summed E-state index contributed by atoms with van der Waals surface area (Å²) in [4.78, 5) is 12.4. The van der Waals surface area contributed by atoms with Crippen LogP contribution in [-0.4, -0.2) is 35.5 Å². The molecule has 3 saturated carbocycles. The summed E-state index contributed by atoms with van der Waals surface area (Å²) < 4.78 is 64.6. The van der Waals surface area contributed by atoms with Crippen molar-refractivity contribution in [1.82, 2.24) is 0 Å². The monoisotopic (exact) mass is 388 g/mol. The van der Waals surface area contributed by atoms with Crippen LogP contribution >= 0.6 is 10.0 Å². The first kappa shape index (κ1) is 18.5. The molecule has 5 unspecified atom stereocenters. The van der Waals surface area contributed by atoms with Gasteiger partial charge in [0.15, 0.2) is 0 Å². The molecule has 0 N–H and O–H groups in total. The average molecular weight is 388 g/mol. The molecule has 2 bridgehead atoms. The quantitative estimate of drug-likeness (QED) is 0.717. The van der Waals surface area contributed by atoms with Gasteiger partial charge in [-0.15, -0.1) is 0 Å². The third kappa shape index (κ3) is 2.53. The lowest BCUT2D eigenvalue weighted by molar-refractivity contribution is -0.119. The first-order valence-corrected chi connectivity index (χ1v) is 11.9. The van der Waals surface area contributed by atoms with Gasteiger partial charge in [0, 0.05) is 6.42 Å². The topological polar surface area (TPSA) is 60.4 Å². The molecular weight excluding hydrogens is 365 g/mol. The maximum atomic E-state index is 15.1. The number of carbonyl (C=O) groups excluding carboxylic acids is 1. The van der Waals surface area contributed by atoms with Crippen LogP contribution in [0.2, 0.25) is 0 Å². The zero-order chi connectivity index (χ0) is 17.8. The highest BCUT2D eigenvalue weighted by Crippen LogP contribution is 2.74. The number of Topliss-reactive ketones (excluding diaryl/α,β-unsaturated/α-hetero) is 1. The van der Waals surface area contributed by atoms with E-state index in [1.165, 1.54) is 6.26 Å². The molecule has 3 aliphatic carbocycles. The molecule has 0 spiro atoms. The minimum absolute atomic E-state index is 0.00501. The van der Waals surface area contributed by atoms with E-state index >= 15 is 8.78 Å². The largest absolute Gasteiger partial charge is 0.406 e. The summed E-state index contributed by atoms with van der Waals surface area (Å²) in [5, 5.41) is -1.52. The lowest BCUT2D eigenvalue weighted by Crippen LogP contribution is -2.49. The van der Waals surface area contributed by atoms with E-state index in [1.807, 2.05) is 0 Å². The molecule has 0 aromatic heterocycles. The van der Waals surface area contributed by atoms with Gasteiger partial charge in [0.1, 0.15) is 5.78 Å². The fraction of sp³-hybridized carbons (Fsp3) is 0.933. The Morgan fingerprint density at radius 3 is 2.33 bits per heavy atom. The molecule has 4 nitrogen and oxygen atoms in total. The lowest BCUT2D eigenvalue weighted by Gasteiger charge is -2.53. The number of alkyl halides is 2. The average Bonchev–Trinajstić information content (AvgIpc) is 3.17. The molecule has 0 aromatic rings. The zero-order valence-corrected chi connectivity index (χ0v) is 15.2. The van der Waals surface area contributed by atoms with E-state index in [0.29, 0.717) is 25.2 Å². The van der Waals surface area contributed by atoms with Gasteiger partial charge < -0.3 is 0 Å². The predicted octanol–water partition coefficient (Wildman–Crippen LogP) is 3.90. The number of carbonyl (C=O) groups is 1. The number of rotatable bonds is 5. The van der Waals surface area contributed by atoms with Crippen LogP contribution < -0.4 is 0 Å². The Balaban J connectivity index is 2.08. The number of halogens is 3. The van der Waals surface area contributed by atoms with Gasteiger partial charge in [0.05, 0.1) is 5.25 Å². The Bertz CT molecular complexity index is 624. The molecule has 3 aliphatic rings. The molecule has 0 heterocycles. The van der Waals surface area contributed by atoms with Gasteiger partial charge in [0.2, 0.25) is 0 Å². The van der Waals surface area contributed by atoms with Gasteiger partial charge in [-0.25, -0.2) is 0 Å². The van der Waals surface area contributed by atoms with Crippen molar-refractivity contribution in [2.45, 2.75) is 66.5 Å². The van der Waals surface area contributed by atoms with Crippen molar-refractivity contribution in [2.24, 2.45) is 11.8 Å². The third-order valence-electron chi connectivity index (χ3n) is 6.28. The van der Waals surface area contributed by atoms with Crippen LogP contribution in [0.25, 0.3) is 0 Å². The Morgan fingerprint density at radius 1 is 1.12 bits per heavy atom. The zero-order valence-electron chi connectivity index (χ0n) is 13.5. The van der Waals surface area contributed by atoms with E-state index in [-0.39, 0.29) is 24.5 Å². The molecule has 3 rings (SSSR count). The Morgan fingerprint density at radius 2 is 1.83 bits per heavy atom. The summed E-state index contributed by atoms with van der Waals surface area (Å²) in [5.41, 5.74) is 0. The number of hydrogen-bond donors (Lipinski definition) is 0. The van der Waals surface area contributed by atoms with Gasteiger partial charge in [-0.05, 0) is 60.0 Å². The minimum Gasteiger partial charge on any atom is -0.299 e. The van der Waals surface area contributed by atoms with Crippen LogP contribution in [0.5, 0.6) is 0 Å². The summed E-state index contributed by atoms with van der Waals surface area (Å²) in [6, 6.07) is 0. The third-order valence-corrected chi connectivity index (χ3v) is 13.3. The summed E-state index contributed by atoms with van der Waals surface area (Å²) >= 11 is 0. The van der Waals surface area contributed by atoms with Crippen molar-refractivity contribution in [3.05, 3.63) is 0 Å². The standard InChI is InChI=1S/C15H23F3O4S2/c1-23(13-5-3-2-4-12(13)19,15(16,17)24(20,21)22-18)14-9-10-6-7-11(14)8-10/h10-11,13-14H,2-9H2,1H3. The first-order chi connectivity index (χ1) is 11.1. The normalized spacial score (nSPS) is 38.1. The smallest absolute Gasteiger partial charge is 0.299 e. The molecule has 0 radical (unpaired) electrons. The van der Waals surface area contributed by atoms with E-state index in [2.05, 4.69) is 4.39 Å². The van der Waals surface area contributed by atoms with E-state index in [1.54, 1.807) is 0 Å². The fourth-order valence-electron chi connectivity index (χ4n) is 5.06. The second kappa shape index (κ2) is 6.16. The highest BCUT2D eigenvalue weighted by Gasteiger charge is 2.67. The van der Waals surface area contributed by atoms with Gasteiger partial charge in [0.25, 0.3) is 0 Å². The van der Waals surface area contributed by atoms with E-state index in [9.17, 15) is 17.7 Å². The van der Waals surface area contributed by atoms with E-state index in [0.717, 1.165) is 19.3 Å². The Labute approximate surface area is 141 Å². The van der Waals surface area contributed by atoms with Crippen molar-refractivity contribution >= 4 is 25.9 Å². The second-order valence-corrected chi connectivity index (χ2v) is 13.0. The van der Waals surface area contributed by atoms with Gasteiger partial charge in [-0.3, -0.25) is 4.79 Å². The number of ketones is 1. The molecule has 0 aliphatic heterocycles. The molecule has 0 aromatic carbocycles. The van der Waals surface area contributed by atoms with E-state index < -0.39 is 35.2 Å². The number of hydrogen-bond acceptors (Lipinski definition) is 4. The second-order valence-electron chi connectivity index (χ2n) is 7.44. The molecule has 0 amide bonds. The highest BCUT2D eigenvalue weighted by molar-refractivity contribution is 8.40. The van der Waals surface area contributed by atoms with Crippen LogP contribution in [0.4, 0.5) is 13.3 Å². The fourth-order valence-corrected chi connectivity index (χ4v) is 11.8. The van der Waals surface area contributed by atoms with Crippen LogP contribution in [0, 0.1) is 11.8 Å². The van der Waals surface area contributed by atoms with Crippen molar-refractivity contribution in [2.75, 3.05) is 6.26 Å². The van der Waals surface area contributed by atoms with Gasteiger partial charge in [-0.1, -0.05) is 17.2 Å². The van der Waals surface area contributed by atoms with Gasteiger partial charge >= 0.3 is 14.7 Å². The maximum absolute atomic E-state index is 15.1. The summed E-state index contributed by atoms with van der Waals surface area (Å²) in [6.07, 6.45) is 6.03. The van der Waals surface area contributed by atoms with Crippen molar-refractivity contribution in [3.63, 3.8) is 0 Å². The molecular formula is C15H23F3O4S2. The summed E-state index contributed by atoms with van der Waals surface area (Å²) in [7, 11) is -8.98. The summed E-state index contributed by atoms with van der Waals surface area (Å²) in [5.74, 6) is 0.0241. The number of fused-ring (bicyclic) bond motifs is 2. The van der Waals surface area contributed by atoms with Crippen LogP contribution in [-0.2, 0) is 19.3 Å². The first-order valence-electron chi connectivity index (χ1n) is 8.36. The Hall–Kier alpha value is -0.280. The molecule has 0 saturated heterocycles. The highest BCUT2D eigenvalue weighted by atomic mass is 32.3. The van der Waals surface area contributed by atoms with Crippen molar-refractivity contribution in [1.29, 1.82) is 0 Å². The van der Waals surface area contributed by atoms with Gasteiger partial charge in [-0.2, -0.15) is 27.2 Å². The molecule has 9 heteroatoms. The van der Waals surface area contributed by atoms with Crippen molar-refractivity contribution < 1.29 is 30.9 Å². The molecule has 3 fully saturated rings. The predicted molar refractivity (Wildman–Crippen MR) is 86.1 cm³/mol. The maximum Gasteiger partial charge on any atom is 0.406 e. The van der Waals surface area contributed by atoms with Crippen LogP contribution in [0.15, 0.2) is 0 Å². The Kier molecular flexibility index (Phi) is 4.75. The van der Waals surface area contributed by atoms with Crippen LogP contribution in [0.1, 0.15) is 51.4 Å².